The van der Waals surface area contributed by atoms with Crippen LogP contribution in [0.3, 0.4) is 0 Å². The van der Waals surface area contributed by atoms with Gasteiger partial charge in [-0.1, -0.05) is 41.5 Å². The predicted molar refractivity (Wildman–Crippen MR) is 91.4 cm³/mol. The Balaban J connectivity index is 2.62. The number of rotatable bonds is 2. The SMILES string of the molecule is CCO[P+]1([O-])Oc2cc(C(C)(C)C)c(C(C)(C)C)cc2[C@@H]1C. The maximum atomic E-state index is 12.9. The first kappa shape index (κ1) is 17.7. The monoisotopic (exact) mass is 324 g/mol. The topological polar surface area (TPSA) is 41.5 Å². The highest BCUT2D eigenvalue weighted by Crippen LogP contribution is 2.70. The molecule has 1 unspecified atom stereocenters. The summed E-state index contributed by atoms with van der Waals surface area (Å²) in [4.78, 5) is 12.9. The minimum Gasteiger partial charge on any atom is -0.624 e. The van der Waals surface area contributed by atoms with Gasteiger partial charge in [-0.15, -0.1) is 0 Å². The van der Waals surface area contributed by atoms with Crippen LogP contribution in [0.5, 0.6) is 5.75 Å². The molecule has 0 fully saturated rings. The number of hydrogen-bond donors (Lipinski definition) is 0. The second-order valence-corrected chi connectivity index (χ2v) is 10.5. The average molecular weight is 324 g/mol. The third-order valence-corrected chi connectivity index (χ3v) is 6.52. The van der Waals surface area contributed by atoms with E-state index >= 15 is 0 Å². The van der Waals surface area contributed by atoms with Crippen LogP contribution in [0.2, 0.25) is 0 Å². The van der Waals surface area contributed by atoms with Gasteiger partial charge in [-0.3, -0.25) is 0 Å². The molecule has 1 aromatic rings. The van der Waals surface area contributed by atoms with Gasteiger partial charge in [0.05, 0.1) is 6.61 Å². The van der Waals surface area contributed by atoms with Crippen molar-refractivity contribution >= 4 is 7.94 Å². The number of hydrogen-bond acceptors (Lipinski definition) is 3. The Hall–Kier alpha value is -0.630. The van der Waals surface area contributed by atoms with Crippen LogP contribution < -0.4 is 9.42 Å². The molecule has 1 aromatic carbocycles. The van der Waals surface area contributed by atoms with Crippen LogP contribution in [0.25, 0.3) is 0 Å². The maximum Gasteiger partial charge on any atom is 0.292 e. The summed E-state index contributed by atoms with van der Waals surface area (Å²) >= 11 is 0. The van der Waals surface area contributed by atoms with Crippen LogP contribution in [0.1, 0.15) is 77.7 Å². The summed E-state index contributed by atoms with van der Waals surface area (Å²) in [5.41, 5.74) is 3.36. The van der Waals surface area contributed by atoms with Crippen molar-refractivity contribution in [2.45, 2.75) is 71.9 Å². The van der Waals surface area contributed by atoms with Gasteiger partial charge >= 0.3 is 0 Å². The Morgan fingerprint density at radius 2 is 1.59 bits per heavy atom. The molecule has 0 spiro atoms. The summed E-state index contributed by atoms with van der Waals surface area (Å²) in [6.07, 6.45) is 0. The molecule has 0 amide bonds. The quantitative estimate of drug-likeness (QED) is 0.727. The third-order valence-electron chi connectivity index (χ3n) is 4.23. The van der Waals surface area contributed by atoms with Crippen LogP contribution in [-0.2, 0) is 15.4 Å². The third kappa shape index (κ3) is 3.04. The van der Waals surface area contributed by atoms with Crippen LogP contribution >= 0.6 is 7.94 Å². The smallest absolute Gasteiger partial charge is 0.292 e. The van der Waals surface area contributed by atoms with E-state index in [2.05, 4.69) is 53.7 Å². The normalized spacial score (nSPS) is 25.0. The van der Waals surface area contributed by atoms with E-state index in [1.165, 1.54) is 11.1 Å². The molecule has 2 atom stereocenters. The van der Waals surface area contributed by atoms with Crippen LogP contribution in [-0.4, -0.2) is 6.61 Å². The maximum absolute atomic E-state index is 12.9. The molecule has 1 aliphatic rings. The van der Waals surface area contributed by atoms with Crippen molar-refractivity contribution in [2.75, 3.05) is 6.61 Å². The Morgan fingerprint density at radius 3 is 2.05 bits per heavy atom. The molecule has 0 N–H and O–H groups in total. The largest absolute Gasteiger partial charge is 0.624 e. The minimum absolute atomic E-state index is 0.00241. The molecule has 3 nitrogen and oxygen atoms in total. The average Bonchev–Trinajstić information content (AvgIpc) is 2.58. The van der Waals surface area contributed by atoms with E-state index in [-0.39, 0.29) is 16.5 Å². The lowest BCUT2D eigenvalue weighted by Crippen LogP contribution is -2.22. The summed E-state index contributed by atoms with van der Waals surface area (Å²) in [5.74, 6) is 0.724. The predicted octanol–water partition coefficient (Wildman–Crippen LogP) is 4.89. The molecule has 124 valence electrons. The first-order valence-electron chi connectivity index (χ1n) is 8.03. The molecule has 1 heterocycles. The first-order chi connectivity index (χ1) is 9.90. The highest BCUT2D eigenvalue weighted by atomic mass is 31.2. The van der Waals surface area contributed by atoms with Gasteiger partial charge in [0.25, 0.3) is 7.94 Å². The second-order valence-electron chi connectivity index (χ2n) is 8.16. The van der Waals surface area contributed by atoms with Gasteiger partial charge in [0.1, 0.15) is 0 Å². The molecule has 0 bridgehead atoms. The van der Waals surface area contributed by atoms with E-state index in [1.807, 2.05) is 13.8 Å². The summed E-state index contributed by atoms with van der Waals surface area (Å²) < 4.78 is 11.3. The molecule has 22 heavy (non-hydrogen) atoms. The van der Waals surface area contributed by atoms with Gasteiger partial charge < -0.3 is 9.42 Å². The molecule has 0 radical (unpaired) electrons. The number of benzene rings is 1. The van der Waals surface area contributed by atoms with Crippen molar-refractivity contribution in [3.05, 3.63) is 28.8 Å². The minimum atomic E-state index is -3.09. The lowest BCUT2D eigenvalue weighted by atomic mass is 9.74. The fourth-order valence-electron chi connectivity index (χ4n) is 2.95. The standard InChI is InChI=1S/C18H29O3P/c1-9-20-22(19)12(2)13-10-14(17(3,4)5)15(18(6,7)8)11-16(13)21-22/h10-12H,9H2,1-8H3/t12-,22?/m0/s1. The van der Waals surface area contributed by atoms with Crippen LogP contribution in [0.15, 0.2) is 12.1 Å². The van der Waals surface area contributed by atoms with Crippen LogP contribution in [0.4, 0.5) is 0 Å². The molecule has 4 heteroatoms. The molecular formula is C18H29O3P. The molecule has 1 aliphatic heterocycles. The number of fused-ring (bicyclic) bond motifs is 1. The molecule has 0 saturated carbocycles. The van der Waals surface area contributed by atoms with E-state index in [4.69, 9.17) is 9.05 Å². The Bertz CT molecular complexity index is 569. The van der Waals surface area contributed by atoms with Gasteiger partial charge in [-0.05, 0) is 47.9 Å². The summed E-state index contributed by atoms with van der Waals surface area (Å²) in [7, 11) is -3.09. The van der Waals surface area contributed by atoms with Gasteiger partial charge in [0.15, 0.2) is 11.4 Å². The lowest BCUT2D eigenvalue weighted by molar-refractivity contribution is -0.211. The fraction of sp³-hybridized carbons (Fsp3) is 0.667. The highest BCUT2D eigenvalue weighted by Gasteiger charge is 2.49. The summed E-state index contributed by atoms with van der Waals surface area (Å²) in [5, 5.41) is 0. The zero-order valence-electron chi connectivity index (χ0n) is 15.1. The van der Waals surface area contributed by atoms with E-state index in [0.29, 0.717) is 6.61 Å². The van der Waals surface area contributed by atoms with Crippen molar-refractivity contribution in [3.8, 4) is 5.75 Å². The molecular weight excluding hydrogens is 295 g/mol. The van der Waals surface area contributed by atoms with Crippen molar-refractivity contribution in [1.29, 1.82) is 0 Å². The van der Waals surface area contributed by atoms with E-state index in [1.54, 1.807) is 0 Å². The van der Waals surface area contributed by atoms with Gasteiger partial charge in [0.2, 0.25) is 0 Å². The van der Waals surface area contributed by atoms with Gasteiger partial charge in [0, 0.05) is 5.56 Å². The molecule has 0 aliphatic carbocycles. The second kappa shape index (κ2) is 5.47. The van der Waals surface area contributed by atoms with Crippen molar-refractivity contribution in [2.24, 2.45) is 0 Å². The van der Waals surface area contributed by atoms with Crippen molar-refractivity contribution in [1.82, 2.24) is 0 Å². The van der Waals surface area contributed by atoms with E-state index < -0.39 is 7.94 Å². The lowest BCUT2D eigenvalue weighted by Gasteiger charge is -2.30. The van der Waals surface area contributed by atoms with Gasteiger partial charge in [-0.25, -0.2) is 4.52 Å². The zero-order valence-corrected chi connectivity index (χ0v) is 16.0. The summed E-state index contributed by atoms with van der Waals surface area (Å²) in [6, 6.07) is 4.25. The van der Waals surface area contributed by atoms with Crippen molar-refractivity contribution < 1.29 is 13.9 Å². The highest BCUT2D eigenvalue weighted by molar-refractivity contribution is 7.60. The van der Waals surface area contributed by atoms with E-state index in [9.17, 15) is 4.89 Å². The van der Waals surface area contributed by atoms with Gasteiger partial charge in [-0.2, -0.15) is 0 Å². The first-order valence-corrected chi connectivity index (χ1v) is 9.64. The molecule has 0 saturated heterocycles. The Kier molecular flexibility index (Phi) is 4.41. The molecule has 0 aromatic heterocycles. The Morgan fingerprint density at radius 1 is 1.09 bits per heavy atom. The zero-order chi connectivity index (χ0) is 16.9. The van der Waals surface area contributed by atoms with Crippen LogP contribution in [0, 0.1) is 0 Å². The Labute approximate surface area is 135 Å². The summed E-state index contributed by atoms with van der Waals surface area (Å²) in [6.45, 7) is 17.4. The van der Waals surface area contributed by atoms with Crippen molar-refractivity contribution in [3.63, 3.8) is 0 Å². The van der Waals surface area contributed by atoms with E-state index in [0.717, 1.165) is 11.3 Å². The fourth-order valence-corrected chi connectivity index (χ4v) is 4.72. The molecule has 2 rings (SSSR count).